The molecule has 3 N–H and O–H groups in total. The number of carbonyl (C=O) groups is 3. The molecule has 29 heavy (non-hydrogen) atoms. The fraction of sp³-hybridized carbons (Fsp3) is 0.136. The van der Waals surface area contributed by atoms with Crippen LogP contribution in [0.25, 0.3) is 10.8 Å². The molecule has 0 spiro atoms. The number of fused-ring (bicyclic) bond motifs is 1. The molecule has 1 heterocycles. The zero-order valence-corrected chi connectivity index (χ0v) is 15.7. The lowest BCUT2D eigenvalue weighted by Gasteiger charge is -2.16. The largest absolute Gasteiger partial charge is 0.507 e. The zero-order chi connectivity index (χ0) is 20.5. The molecular weight excluding hydrogens is 370 g/mol. The van der Waals surface area contributed by atoms with E-state index in [-0.39, 0.29) is 23.6 Å². The Morgan fingerprint density at radius 2 is 1.69 bits per heavy atom. The van der Waals surface area contributed by atoms with Gasteiger partial charge in [0.05, 0.1) is 17.7 Å². The fourth-order valence-electron chi connectivity index (χ4n) is 3.34. The summed E-state index contributed by atoms with van der Waals surface area (Å²) in [6.45, 7) is 1.92. The van der Waals surface area contributed by atoms with E-state index in [4.69, 9.17) is 0 Å². The minimum atomic E-state index is -0.879. The van der Waals surface area contributed by atoms with Crippen molar-refractivity contribution in [2.24, 2.45) is 0 Å². The lowest BCUT2D eigenvalue weighted by Crippen LogP contribution is -2.48. The van der Waals surface area contributed by atoms with Gasteiger partial charge in [-0.15, -0.1) is 0 Å². The molecule has 1 aliphatic rings. The Hall–Kier alpha value is -3.71. The van der Waals surface area contributed by atoms with Gasteiger partial charge in [-0.05, 0) is 42.0 Å². The number of amides is 3. The molecule has 1 fully saturated rings. The summed E-state index contributed by atoms with van der Waals surface area (Å²) in [6.07, 6.45) is -0.0727. The summed E-state index contributed by atoms with van der Waals surface area (Å²) in [4.78, 5) is 38.5. The number of hydrazine groups is 1. The molecule has 146 valence electrons. The maximum atomic E-state index is 12.6. The van der Waals surface area contributed by atoms with Gasteiger partial charge in [-0.1, -0.05) is 42.0 Å². The number of hydrogen-bond acceptors (Lipinski definition) is 5. The van der Waals surface area contributed by atoms with Crippen molar-refractivity contribution in [3.05, 3.63) is 71.8 Å². The van der Waals surface area contributed by atoms with Crippen LogP contribution in [0.3, 0.4) is 0 Å². The Morgan fingerprint density at radius 3 is 2.38 bits per heavy atom. The molecule has 3 aromatic carbocycles. The lowest BCUT2D eigenvalue weighted by atomic mass is 10.1. The second-order valence-electron chi connectivity index (χ2n) is 6.97. The first-order valence-electron chi connectivity index (χ1n) is 9.15. The fourth-order valence-corrected chi connectivity index (χ4v) is 3.34. The van der Waals surface area contributed by atoms with Crippen molar-refractivity contribution in [2.75, 3.05) is 4.90 Å². The van der Waals surface area contributed by atoms with Crippen LogP contribution >= 0.6 is 0 Å². The number of imide groups is 1. The molecule has 0 unspecified atom stereocenters. The summed E-state index contributed by atoms with van der Waals surface area (Å²) in [5, 5.41) is 11.8. The van der Waals surface area contributed by atoms with Crippen LogP contribution in [0.5, 0.6) is 5.75 Å². The van der Waals surface area contributed by atoms with Gasteiger partial charge in [0.1, 0.15) is 11.8 Å². The number of rotatable bonds is 4. The molecule has 7 nitrogen and oxygen atoms in total. The maximum absolute atomic E-state index is 12.6. The third-order valence-corrected chi connectivity index (χ3v) is 4.91. The summed E-state index contributed by atoms with van der Waals surface area (Å²) >= 11 is 0. The number of anilines is 1. The number of carbonyl (C=O) groups excluding carboxylic acids is 3. The topological polar surface area (TPSA) is 98.7 Å². The highest BCUT2D eigenvalue weighted by Crippen LogP contribution is 2.25. The zero-order valence-electron chi connectivity index (χ0n) is 15.7. The predicted molar refractivity (Wildman–Crippen MR) is 108 cm³/mol. The molecule has 0 radical (unpaired) electrons. The van der Waals surface area contributed by atoms with Crippen molar-refractivity contribution in [3.8, 4) is 5.75 Å². The SMILES string of the molecule is Cc1ccc(N2C(=O)C[C@H](NNC(=O)c3cc4ccccc4cc3O)C2=O)cc1. The van der Waals surface area contributed by atoms with Crippen molar-refractivity contribution < 1.29 is 19.5 Å². The molecule has 3 amide bonds. The molecule has 0 bridgehead atoms. The molecule has 4 rings (SSSR count). The number of phenolic OH excluding ortho intramolecular Hbond substituents is 1. The smallest absolute Gasteiger partial charge is 0.269 e. The van der Waals surface area contributed by atoms with Crippen LogP contribution in [0.2, 0.25) is 0 Å². The molecule has 0 aliphatic carbocycles. The monoisotopic (exact) mass is 389 g/mol. The molecule has 3 aromatic rings. The average molecular weight is 389 g/mol. The third kappa shape index (κ3) is 3.55. The van der Waals surface area contributed by atoms with Gasteiger partial charge >= 0.3 is 0 Å². The summed E-state index contributed by atoms with van der Waals surface area (Å²) in [7, 11) is 0. The normalized spacial score (nSPS) is 16.4. The van der Waals surface area contributed by atoms with E-state index in [9.17, 15) is 19.5 Å². The van der Waals surface area contributed by atoms with Gasteiger partial charge in [-0.25, -0.2) is 10.3 Å². The molecule has 1 aliphatic heterocycles. The van der Waals surface area contributed by atoms with Crippen molar-refractivity contribution in [1.29, 1.82) is 0 Å². The van der Waals surface area contributed by atoms with Crippen LogP contribution in [0.15, 0.2) is 60.7 Å². The number of nitrogens with one attached hydrogen (secondary N) is 2. The first-order valence-corrected chi connectivity index (χ1v) is 9.15. The minimum absolute atomic E-state index is 0.0726. The third-order valence-electron chi connectivity index (χ3n) is 4.91. The van der Waals surface area contributed by atoms with Gasteiger partial charge in [0.15, 0.2) is 0 Å². The second kappa shape index (κ2) is 7.37. The Bertz CT molecular complexity index is 1120. The predicted octanol–water partition coefficient (Wildman–Crippen LogP) is 2.42. The molecule has 0 aromatic heterocycles. The van der Waals surface area contributed by atoms with E-state index in [1.165, 1.54) is 6.07 Å². The van der Waals surface area contributed by atoms with Gasteiger partial charge in [-0.3, -0.25) is 19.8 Å². The van der Waals surface area contributed by atoms with Crippen LogP contribution in [0.1, 0.15) is 22.3 Å². The lowest BCUT2D eigenvalue weighted by molar-refractivity contribution is -0.121. The van der Waals surface area contributed by atoms with E-state index >= 15 is 0 Å². The molecular formula is C22H19N3O4. The van der Waals surface area contributed by atoms with Crippen LogP contribution in [-0.4, -0.2) is 28.9 Å². The van der Waals surface area contributed by atoms with Crippen molar-refractivity contribution in [1.82, 2.24) is 10.9 Å². The number of nitrogens with zero attached hydrogens (tertiary/aromatic N) is 1. The van der Waals surface area contributed by atoms with Crippen molar-refractivity contribution >= 4 is 34.2 Å². The van der Waals surface area contributed by atoms with Crippen molar-refractivity contribution in [3.63, 3.8) is 0 Å². The highest BCUT2D eigenvalue weighted by atomic mass is 16.3. The van der Waals surface area contributed by atoms with E-state index in [2.05, 4.69) is 10.9 Å². The Kier molecular flexibility index (Phi) is 4.74. The van der Waals surface area contributed by atoms with E-state index in [0.29, 0.717) is 5.69 Å². The van der Waals surface area contributed by atoms with Gasteiger partial charge in [0.25, 0.3) is 11.8 Å². The number of aromatic hydroxyl groups is 1. The molecule has 0 saturated carbocycles. The van der Waals surface area contributed by atoms with Crippen LogP contribution in [0, 0.1) is 6.92 Å². The van der Waals surface area contributed by atoms with Crippen molar-refractivity contribution in [2.45, 2.75) is 19.4 Å². The van der Waals surface area contributed by atoms with E-state index < -0.39 is 17.9 Å². The van der Waals surface area contributed by atoms with Gasteiger partial charge in [0.2, 0.25) is 5.91 Å². The van der Waals surface area contributed by atoms with E-state index in [1.54, 1.807) is 18.2 Å². The first-order chi connectivity index (χ1) is 13.9. The number of hydrogen-bond donors (Lipinski definition) is 3. The highest BCUT2D eigenvalue weighted by molar-refractivity contribution is 6.22. The molecule has 1 saturated heterocycles. The number of phenols is 1. The number of benzene rings is 3. The minimum Gasteiger partial charge on any atom is -0.507 e. The van der Waals surface area contributed by atoms with Crippen LogP contribution < -0.4 is 15.8 Å². The standard InChI is InChI=1S/C22H19N3O4/c1-13-6-8-16(9-7-13)25-20(27)12-18(22(25)29)23-24-21(28)17-10-14-4-2-3-5-15(14)11-19(17)26/h2-11,18,23,26H,12H2,1H3,(H,24,28)/t18-/m0/s1. The summed E-state index contributed by atoms with van der Waals surface area (Å²) in [6, 6.07) is 16.6. The van der Waals surface area contributed by atoms with Gasteiger partial charge < -0.3 is 5.11 Å². The number of aryl methyl sites for hydroxylation is 1. The highest BCUT2D eigenvalue weighted by Gasteiger charge is 2.39. The summed E-state index contributed by atoms with van der Waals surface area (Å²) < 4.78 is 0. The van der Waals surface area contributed by atoms with Crippen LogP contribution in [-0.2, 0) is 9.59 Å². The quantitative estimate of drug-likeness (QED) is 0.470. The van der Waals surface area contributed by atoms with E-state index in [0.717, 1.165) is 21.2 Å². The Labute approximate surface area is 166 Å². The Morgan fingerprint density at radius 1 is 1.03 bits per heavy atom. The summed E-state index contributed by atoms with van der Waals surface area (Å²) in [5.74, 6) is -1.55. The first kappa shape index (κ1) is 18.6. The van der Waals surface area contributed by atoms with Gasteiger partial charge in [0, 0.05) is 0 Å². The summed E-state index contributed by atoms with van der Waals surface area (Å²) in [5.41, 5.74) is 6.64. The Balaban J connectivity index is 1.47. The maximum Gasteiger partial charge on any atom is 0.269 e. The molecule has 1 atom stereocenters. The van der Waals surface area contributed by atoms with E-state index in [1.807, 2.05) is 43.3 Å². The van der Waals surface area contributed by atoms with Gasteiger partial charge in [-0.2, -0.15) is 0 Å². The van der Waals surface area contributed by atoms with Crippen LogP contribution in [0.4, 0.5) is 5.69 Å². The molecule has 7 heteroatoms. The average Bonchev–Trinajstić information content (AvgIpc) is 2.99. The second-order valence-corrected chi connectivity index (χ2v) is 6.97.